The maximum Gasteiger partial charge on any atom is 0.231 e. The van der Waals surface area contributed by atoms with Crippen LogP contribution >= 0.6 is 0 Å². The summed E-state index contributed by atoms with van der Waals surface area (Å²) in [7, 11) is 0. The molecule has 0 saturated carbocycles. The van der Waals surface area contributed by atoms with Crippen molar-refractivity contribution in [2.45, 2.75) is 31.8 Å². The maximum absolute atomic E-state index is 13.5. The van der Waals surface area contributed by atoms with Crippen LogP contribution in [0.4, 0.5) is 0 Å². The molecule has 39 heavy (non-hydrogen) atoms. The van der Waals surface area contributed by atoms with Gasteiger partial charge in [0.15, 0.2) is 22.9 Å². The number of amides is 2. The number of ether oxygens (including phenoxy) is 3. The fraction of sp³-hybridized carbons (Fsp3) is 0.300. The number of imidazole rings is 1. The van der Waals surface area contributed by atoms with Gasteiger partial charge in [-0.3, -0.25) is 9.59 Å². The number of nitrogens with zero attached hydrogens (tertiary/aromatic N) is 3. The summed E-state index contributed by atoms with van der Waals surface area (Å²) in [4.78, 5) is 31.7. The van der Waals surface area contributed by atoms with E-state index in [0.29, 0.717) is 55.4 Å². The molecule has 2 amide bonds. The predicted octanol–water partition coefficient (Wildman–Crippen LogP) is 3.89. The van der Waals surface area contributed by atoms with Gasteiger partial charge in [-0.2, -0.15) is 0 Å². The Bertz CT molecular complexity index is 1490. The van der Waals surface area contributed by atoms with Gasteiger partial charge < -0.3 is 29.2 Å². The van der Waals surface area contributed by atoms with E-state index in [0.717, 1.165) is 16.8 Å². The second-order valence-corrected chi connectivity index (χ2v) is 9.95. The first kappa shape index (κ1) is 24.8. The molecular weight excluding hydrogens is 496 g/mol. The lowest BCUT2D eigenvalue weighted by atomic mass is 9.90. The Morgan fingerprint density at radius 2 is 1.82 bits per heavy atom. The highest BCUT2D eigenvalue weighted by Crippen LogP contribution is 2.38. The lowest BCUT2D eigenvalue weighted by molar-refractivity contribution is -0.135. The summed E-state index contributed by atoms with van der Waals surface area (Å²) in [6, 6.07) is 19.6. The molecule has 0 aliphatic carbocycles. The third kappa shape index (κ3) is 5.12. The highest BCUT2D eigenvalue weighted by Gasteiger charge is 2.30. The minimum atomic E-state index is -0.295. The molecule has 4 heterocycles. The van der Waals surface area contributed by atoms with Gasteiger partial charge in [0.05, 0.1) is 5.69 Å². The molecule has 0 spiro atoms. The molecule has 9 nitrogen and oxygen atoms in total. The van der Waals surface area contributed by atoms with Crippen molar-refractivity contribution < 1.29 is 23.8 Å². The van der Waals surface area contributed by atoms with Gasteiger partial charge in [0.25, 0.3) is 0 Å². The maximum atomic E-state index is 13.5. The lowest BCUT2D eigenvalue weighted by Gasteiger charge is -2.31. The van der Waals surface area contributed by atoms with Crippen LogP contribution in [0.1, 0.15) is 42.0 Å². The Balaban J connectivity index is 1.30. The van der Waals surface area contributed by atoms with Crippen LogP contribution in [0, 0.1) is 5.92 Å². The average molecular weight is 527 g/mol. The van der Waals surface area contributed by atoms with Gasteiger partial charge in [-0.25, -0.2) is 4.98 Å². The van der Waals surface area contributed by atoms with Crippen molar-refractivity contribution in [3.05, 3.63) is 89.9 Å². The fourth-order valence-electron chi connectivity index (χ4n) is 5.35. The van der Waals surface area contributed by atoms with E-state index in [1.807, 2.05) is 82.4 Å². The van der Waals surface area contributed by atoms with Gasteiger partial charge in [0.2, 0.25) is 18.6 Å². The number of benzene rings is 2. The quantitative estimate of drug-likeness (QED) is 0.373. The summed E-state index contributed by atoms with van der Waals surface area (Å²) in [5.41, 5.74) is 9.04. The highest BCUT2D eigenvalue weighted by molar-refractivity contribution is 5.80. The van der Waals surface area contributed by atoms with Crippen LogP contribution in [0.3, 0.4) is 0 Å². The van der Waals surface area contributed by atoms with E-state index in [-0.39, 0.29) is 36.9 Å². The van der Waals surface area contributed by atoms with Crippen LogP contribution < -0.4 is 19.9 Å². The van der Waals surface area contributed by atoms with Crippen molar-refractivity contribution in [2.75, 3.05) is 19.9 Å². The Kier molecular flexibility index (Phi) is 6.79. The van der Waals surface area contributed by atoms with Crippen molar-refractivity contribution >= 4 is 17.5 Å². The van der Waals surface area contributed by atoms with Crippen LogP contribution in [0.5, 0.6) is 17.2 Å². The molecule has 9 heteroatoms. The molecule has 2 aliphatic rings. The first-order valence-corrected chi connectivity index (χ1v) is 13.2. The summed E-state index contributed by atoms with van der Waals surface area (Å²) < 4.78 is 19.3. The van der Waals surface area contributed by atoms with Gasteiger partial charge in [-0.1, -0.05) is 36.4 Å². The topological polar surface area (TPSA) is 108 Å². The Morgan fingerprint density at radius 3 is 2.62 bits per heavy atom. The Morgan fingerprint density at radius 1 is 1.03 bits per heavy atom. The molecule has 2 aliphatic heterocycles. The number of pyridine rings is 1. The summed E-state index contributed by atoms with van der Waals surface area (Å²) >= 11 is 0. The third-order valence-corrected chi connectivity index (χ3v) is 7.55. The second-order valence-electron chi connectivity index (χ2n) is 9.95. The molecular formula is C30H30N4O5. The second kappa shape index (κ2) is 10.7. The largest absolute Gasteiger partial charge is 0.485 e. The number of nitrogens with two attached hydrogens (primary N) is 1. The van der Waals surface area contributed by atoms with Crippen LogP contribution in [0.15, 0.2) is 73.1 Å². The molecule has 0 bridgehead atoms. The molecule has 1 saturated heterocycles. The number of fused-ring (bicyclic) bond motifs is 2. The normalized spacial score (nSPS) is 15.8. The molecule has 2 aromatic heterocycles. The van der Waals surface area contributed by atoms with E-state index in [9.17, 15) is 9.59 Å². The van der Waals surface area contributed by atoms with Crippen molar-refractivity contribution in [3.8, 4) is 17.2 Å². The zero-order valence-corrected chi connectivity index (χ0v) is 21.5. The number of rotatable bonds is 8. The minimum absolute atomic E-state index is 0.0204. The monoisotopic (exact) mass is 526 g/mol. The van der Waals surface area contributed by atoms with E-state index in [4.69, 9.17) is 24.9 Å². The lowest BCUT2D eigenvalue weighted by Crippen LogP contribution is -2.42. The number of aromatic nitrogens is 2. The first-order valence-electron chi connectivity index (χ1n) is 13.2. The van der Waals surface area contributed by atoms with Crippen LogP contribution in [0.25, 0.3) is 5.65 Å². The molecule has 6 rings (SSSR count). The molecule has 1 fully saturated rings. The van der Waals surface area contributed by atoms with Crippen molar-refractivity contribution in [2.24, 2.45) is 11.7 Å². The number of hydrogen-bond acceptors (Lipinski definition) is 6. The molecule has 1 atom stereocenters. The minimum Gasteiger partial charge on any atom is -0.485 e. The van der Waals surface area contributed by atoms with E-state index >= 15 is 0 Å². The van der Waals surface area contributed by atoms with E-state index in [1.54, 1.807) is 0 Å². The molecule has 4 aromatic rings. The van der Waals surface area contributed by atoms with Gasteiger partial charge in [-0.05, 0) is 48.2 Å². The molecule has 0 radical (unpaired) electrons. The van der Waals surface area contributed by atoms with Gasteiger partial charge in [0.1, 0.15) is 6.61 Å². The van der Waals surface area contributed by atoms with Crippen LogP contribution in [0.2, 0.25) is 0 Å². The predicted molar refractivity (Wildman–Crippen MR) is 143 cm³/mol. The molecule has 200 valence electrons. The summed E-state index contributed by atoms with van der Waals surface area (Å²) in [5.74, 6) is 1.27. The Hall–Kier alpha value is -4.53. The SMILES string of the molecule is NC(=O)C1CCN(C(=O)CC(c2ccc3c(c2)OCO3)c2cnc3c(OCc4ccccc4)cccn23)CC1. The number of carbonyl (C=O) groups excluding carboxylic acids is 2. The standard InChI is InChI=1S/C30H30N4O5/c31-29(36)21-10-13-33(14-11-21)28(35)16-23(22-8-9-25-27(15-22)39-19-38-25)24-17-32-30-26(7-4-12-34(24)30)37-18-20-5-2-1-3-6-20/h1-9,12,15,17,21,23H,10-11,13-14,16,18-19H2,(H2,31,36). The average Bonchev–Trinajstić information content (AvgIpc) is 3.62. The number of piperidine rings is 1. The summed E-state index contributed by atoms with van der Waals surface area (Å²) in [6.07, 6.45) is 5.17. The molecule has 2 N–H and O–H groups in total. The summed E-state index contributed by atoms with van der Waals surface area (Å²) in [5, 5.41) is 0. The Labute approximate surface area is 226 Å². The van der Waals surface area contributed by atoms with Crippen molar-refractivity contribution in [1.82, 2.24) is 14.3 Å². The van der Waals surface area contributed by atoms with Crippen molar-refractivity contribution in [1.29, 1.82) is 0 Å². The number of likely N-dealkylation sites (tertiary alicyclic amines) is 1. The van der Waals surface area contributed by atoms with E-state index < -0.39 is 0 Å². The number of hydrogen-bond donors (Lipinski definition) is 1. The number of carbonyl (C=O) groups is 2. The highest BCUT2D eigenvalue weighted by atomic mass is 16.7. The van der Waals surface area contributed by atoms with Crippen LogP contribution in [-0.2, 0) is 16.2 Å². The van der Waals surface area contributed by atoms with Crippen molar-refractivity contribution in [3.63, 3.8) is 0 Å². The molecule has 1 unspecified atom stereocenters. The number of primary amides is 1. The van der Waals surface area contributed by atoms with Gasteiger partial charge >= 0.3 is 0 Å². The van der Waals surface area contributed by atoms with Gasteiger partial charge in [-0.15, -0.1) is 0 Å². The zero-order chi connectivity index (χ0) is 26.8. The smallest absolute Gasteiger partial charge is 0.231 e. The molecule has 2 aromatic carbocycles. The zero-order valence-electron chi connectivity index (χ0n) is 21.5. The van der Waals surface area contributed by atoms with E-state index in [2.05, 4.69) is 0 Å². The van der Waals surface area contributed by atoms with Gasteiger partial charge in [0, 0.05) is 43.7 Å². The first-order chi connectivity index (χ1) is 19.1. The van der Waals surface area contributed by atoms with E-state index in [1.165, 1.54) is 0 Å². The summed E-state index contributed by atoms with van der Waals surface area (Å²) in [6.45, 7) is 1.64. The van der Waals surface area contributed by atoms with Crippen LogP contribution in [-0.4, -0.2) is 46.0 Å². The fourth-order valence-corrected chi connectivity index (χ4v) is 5.35. The third-order valence-electron chi connectivity index (χ3n) is 7.55.